The van der Waals surface area contributed by atoms with Gasteiger partial charge >= 0.3 is 0 Å². The van der Waals surface area contributed by atoms with Crippen LogP contribution in [0.4, 0.5) is 0 Å². The monoisotopic (exact) mass is 245 g/mol. The fraction of sp³-hybridized carbons (Fsp3) is 0.500. The molecule has 0 amide bonds. The molecule has 0 heterocycles. The van der Waals surface area contributed by atoms with E-state index in [9.17, 15) is 0 Å². The number of hydrogen-bond donors (Lipinski definition) is 0. The Balaban J connectivity index is 3.34. The van der Waals surface area contributed by atoms with Crippen molar-refractivity contribution in [3.05, 3.63) is 55.5 Å². The molecule has 18 heavy (non-hydrogen) atoms. The lowest BCUT2D eigenvalue weighted by Gasteiger charge is -1.90. The van der Waals surface area contributed by atoms with Crippen LogP contribution in [0.3, 0.4) is 0 Å². The van der Waals surface area contributed by atoms with Crippen LogP contribution < -0.4 is 0 Å². The molecule has 0 saturated carbocycles. The van der Waals surface area contributed by atoms with Gasteiger partial charge in [-0.2, -0.15) is 0 Å². The Morgan fingerprint density at radius 3 is 1.67 bits per heavy atom. The maximum atomic E-state index is 3.84. The van der Waals surface area contributed by atoms with Crippen molar-refractivity contribution in [2.75, 3.05) is 0 Å². The maximum Gasteiger partial charge on any atom is -0.0169 e. The predicted octanol–water partition coefficient (Wildman–Crippen LogP) is 6.19. The summed E-state index contributed by atoms with van der Waals surface area (Å²) in [5, 5.41) is 0. The van der Waals surface area contributed by atoms with E-state index in [1.165, 1.54) is 19.3 Å². The molecule has 0 atom stereocenters. The SMILES string of the molecule is [CH2]CCCC/C=C\CC=CCC=CCC=CCC. The summed E-state index contributed by atoms with van der Waals surface area (Å²) in [7, 11) is 0. The van der Waals surface area contributed by atoms with Crippen LogP contribution in [0.25, 0.3) is 0 Å². The van der Waals surface area contributed by atoms with E-state index in [4.69, 9.17) is 0 Å². The fourth-order valence-electron chi connectivity index (χ4n) is 1.54. The topological polar surface area (TPSA) is 0 Å². The van der Waals surface area contributed by atoms with E-state index in [1.807, 2.05) is 0 Å². The highest BCUT2D eigenvalue weighted by Crippen LogP contribution is 2.00. The van der Waals surface area contributed by atoms with Crippen LogP contribution in [0.1, 0.15) is 58.3 Å². The van der Waals surface area contributed by atoms with Crippen molar-refractivity contribution in [3.8, 4) is 0 Å². The molecular formula is C18H29. The first kappa shape index (κ1) is 17.0. The first-order valence-corrected chi connectivity index (χ1v) is 7.31. The van der Waals surface area contributed by atoms with Gasteiger partial charge in [-0.15, -0.1) is 0 Å². The van der Waals surface area contributed by atoms with Gasteiger partial charge in [0.05, 0.1) is 0 Å². The van der Waals surface area contributed by atoms with E-state index in [2.05, 4.69) is 62.5 Å². The lowest BCUT2D eigenvalue weighted by atomic mass is 10.2. The summed E-state index contributed by atoms with van der Waals surface area (Å²) in [6.45, 7) is 6.00. The lowest BCUT2D eigenvalue weighted by Crippen LogP contribution is -1.70. The highest BCUT2D eigenvalue weighted by Gasteiger charge is 1.80. The van der Waals surface area contributed by atoms with Crippen LogP contribution in [-0.2, 0) is 0 Å². The summed E-state index contributed by atoms with van der Waals surface area (Å²) in [5.74, 6) is 0. The quantitative estimate of drug-likeness (QED) is 0.301. The van der Waals surface area contributed by atoms with Crippen LogP contribution in [-0.4, -0.2) is 0 Å². The number of hydrogen-bond acceptors (Lipinski definition) is 0. The molecule has 0 aliphatic carbocycles. The van der Waals surface area contributed by atoms with E-state index in [1.54, 1.807) is 0 Å². The zero-order valence-corrected chi connectivity index (χ0v) is 12.0. The van der Waals surface area contributed by atoms with Gasteiger partial charge in [0.15, 0.2) is 0 Å². The second-order valence-electron chi connectivity index (χ2n) is 4.35. The van der Waals surface area contributed by atoms with E-state index in [0.717, 1.165) is 32.1 Å². The molecule has 0 rings (SSSR count). The van der Waals surface area contributed by atoms with Gasteiger partial charge in [-0.25, -0.2) is 0 Å². The smallest absolute Gasteiger partial charge is 0.0169 e. The summed E-state index contributed by atoms with van der Waals surface area (Å²) in [5.41, 5.74) is 0. The Bertz CT molecular complexity index is 253. The second-order valence-corrected chi connectivity index (χ2v) is 4.35. The molecule has 0 N–H and O–H groups in total. The molecule has 0 aromatic rings. The average Bonchev–Trinajstić information content (AvgIpc) is 2.39. The molecule has 0 bridgehead atoms. The first-order valence-electron chi connectivity index (χ1n) is 7.31. The third-order valence-electron chi connectivity index (χ3n) is 2.59. The molecule has 0 saturated heterocycles. The van der Waals surface area contributed by atoms with Gasteiger partial charge in [-0.1, -0.05) is 75.3 Å². The summed E-state index contributed by atoms with van der Waals surface area (Å²) in [6, 6.07) is 0. The van der Waals surface area contributed by atoms with Crippen molar-refractivity contribution in [2.24, 2.45) is 0 Å². The Kier molecular flexibility index (Phi) is 15.0. The molecule has 0 spiro atoms. The molecule has 0 aliphatic heterocycles. The van der Waals surface area contributed by atoms with Gasteiger partial charge in [0, 0.05) is 0 Å². The Labute approximate surface area is 114 Å². The molecule has 0 heteroatoms. The van der Waals surface area contributed by atoms with E-state index >= 15 is 0 Å². The van der Waals surface area contributed by atoms with E-state index in [0.29, 0.717) is 0 Å². The van der Waals surface area contributed by atoms with E-state index < -0.39 is 0 Å². The largest absolute Gasteiger partial charge is 0.0885 e. The van der Waals surface area contributed by atoms with Crippen LogP contribution in [0, 0.1) is 6.92 Å². The molecule has 0 nitrogen and oxygen atoms in total. The van der Waals surface area contributed by atoms with Gasteiger partial charge in [-0.3, -0.25) is 0 Å². The summed E-state index contributed by atoms with van der Waals surface area (Å²) in [4.78, 5) is 0. The molecular weight excluding hydrogens is 216 g/mol. The van der Waals surface area contributed by atoms with Crippen LogP contribution in [0.15, 0.2) is 48.6 Å². The Hall–Kier alpha value is -1.04. The maximum absolute atomic E-state index is 3.84. The standard InChI is InChI=1S/C18H29/c1-3-5-7-9-11-13-15-17-18-16-14-12-10-8-6-4-2/h6,8,11-14,17-18H,1,3-5,7,9-10,15-16H2,2H3/b8-6?,13-11-,14-12?,18-17?. The Morgan fingerprint density at radius 1 is 0.667 bits per heavy atom. The normalized spacial score (nSPS) is 12.8. The van der Waals surface area contributed by atoms with Gasteiger partial charge < -0.3 is 0 Å². The van der Waals surface area contributed by atoms with Crippen molar-refractivity contribution in [2.45, 2.75) is 58.3 Å². The third kappa shape index (κ3) is 15.0. The zero-order chi connectivity index (χ0) is 13.3. The zero-order valence-electron chi connectivity index (χ0n) is 12.0. The molecule has 0 unspecified atom stereocenters. The number of unbranched alkanes of at least 4 members (excludes halogenated alkanes) is 3. The molecule has 101 valence electrons. The summed E-state index contributed by atoms with van der Waals surface area (Å²) in [6.07, 6.45) is 27.0. The minimum absolute atomic E-state index is 1.05. The highest BCUT2D eigenvalue weighted by molar-refractivity contribution is 4.99. The predicted molar refractivity (Wildman–Crippen MR) is 84.5 cm³/mol. The van der Waals surface area contributed by atoms with Crippen molar-refractivity contribution >= 4 is 0 Å². The van der Waals surface area contributed by atoms with Crippen molar-refractivity contribution in [1.82, 2.24) is 0 Å². The van der Waals surface area contributed by atoms with Crippen molar-refractivity contribution < 1.29 is 0 Å². The average molecular weight is 245 g/mol. The van der Waals surface area contributed by atoms with Crippen LogP contribution in [0.5, 0.6) is 0 Å². The van der Waals surface area contributed by atoms with Gasteiger partial charge in [0.1, 0.15) is 0 Å². The Morgan fingerprint density at radius 2 is 1.17 bits per heavy atom. The fourth-order valence-corrected chi connectivity index (χ4v) is 1.54. The first-order chi connectivity index (χ1) is 8.91. The molecule has 1 radical (unpaired) electrons. The summed E-state index contributed by atoms with van der Waals surface area (Å²) >= 11 is 0. The van der Waals surface area contributed by atoms with Crippen molar-refractivity contribution in [3.63, 3.8) is 0 Å². The molecule has 0 fully saturated rings. The van der Waals surface area contributed by atoms with E-state index in [-0.39, 0.29) is 0 Å². The highest BCUT2D eigenvalue weighted by atomic mass is 13.9. The number of rotatable bonds is 11. The molecule has 0 aliphatic rings. The van der Waals surface area contributed by atoms with Gasteiger partial charge in [0.2, 0.25) is 0 Å². The summed E-state index contributed by atoms with van der Waals surface area (Å²) < 4.78 is 0. The van der Waals surface area contributed by atoms with Crippen LogP contribution >= 0.6 is 0 Å². The van der Waals surface area contributed by atoms with Crippen LogP contribution in [0.2, 0.25) is 0 Å². The van der Waals surface area contributed by atoms with Gasteiger partial charge in [-0.05, 0) is 38.5 Å². The molecule has 0 aromatic carbocycles. The molecule has 0 aromatic heterocycles. The van der Waals surface area contributed by atoms with Gasteiger partial charge in [0.25, 0.3) is 0 Å². The lowest BCUT2D eigenvalue weighted by molar-refractivity contribution is 0.759. The minimum atomic E-state index is 1.05. The minimum Gasteiger partial charge on any atom is -0.0885 e. The van der Waals surface area contributed by atoms with Crippen molar-refractivity contribution in [1.29, 1.82) is 0 Å². The third-order valence-corrected chi connectivity index (χ3v) is 2.59. The second kappa shape index (κ2) is 16.0. The number of allylic oxidation sites excluding steroid dienone is 8.